The minimum absolute atomic E-state index is 0.0344. The fourth-order valence-corrected chi connectivity index (χ4v) is 7.24. The van der Waals surface area contributed by atoms with Gasteiger partial charge in [-0.05, 0) is 82.1 Å². The Labute approximate surface area is 287 Å². The first kappa shape index (κ1) is 34.8. The number of β-amino-alcohol motifs (C(OH)–C–C–N with tert-alkyl or cyclic N) is 1. The van der Waals surface area contributed by atoms with Crippen LogP contribution in [-0.2, 0) is 24.4 Å². The van der Waals surface area contributed by atoms with Crippen molar-refractivity contribution >= 4 is 23.3 Å². The predicted octanol–water partition coefficient (Wildman–Crippen LogP) is 5.20. The fraction of sp³-hybridized carbons (Fsp3) is 0.568. The molecule has 2 N–H and O–H groups in total. The molecule has 2 fully saturated rings. The molecule has 5 heterocycles. The van der Waals surface area contributed by atoms with Crippen molar-refractivity contribution in [1.82, 2.24) is 19.8 Å². The van der Waals surface area contributed by atoms with Crippen molar-refractivity contribution in [3.05, 3.63) is 64.1 Å². The van der Waals surface area contributed by atoms with Crippen LogP contribution >= 0.6 is 0 Å². The van der Waals surface area contributed by atoms with Gasteiger partial charge >= 0.3 is 0 Å². The highest BCUT2D eigenvalue weighted by Crippen LogP contribution is 2.33. The van der Waals surface area contributed by atoms with Gasteiger partial charge in [0.2, 0.25) is 5.91 Å². The third kappa shape index (κ3) is 8.59. The van der Waals surface area contributed by atoms with E-state index < -0.39 is 6.10 Å². The van der Waals surface area contributed by atoms with Gasteiger partial charge in [-0.2, -0.15) is 0 Å². The van der Waals surface area contributed by atoms with Crippen LogP contribution in [0.15, 0.2) is 29.0 Å². The molecule has 0 aliphatic carbocycles. The number of hydrogen-bond donors (Lipinski definition) is 2. The number of benzene rings is 1. The summed E-state index contributed by atoms with van der Waals surface area (Å²) in [6.07, 6.45) is 6.84. The highest BCUT2D eigenvalue weighted by molar-refractivity contribution is 5.97. The molecule has 0 bridgehead atoms. The number of piperidine rings is 2. The third-order valence-electron chi connectivity index (χ3n) is 10.3. The molecule has 0 saturated carbocycles. The summed E-state index contributed by atoms with van der Waals surface area (Å²) in [7, 11) is 0. The number of fused-ring (bicyclic) bond motifs is 1. The summed E-state index contributed by atoms with van der Waals surface area (Å²) in [4.78, 5) is 40.5. The number of carbonyl (C=O) groups is 2. The maximum atomic E-state index is 15.3. The molecule has 0 radical (unpaired) electrons. The van der Waals surface area contributed by atoms with Crippen molar-refractivity contribution in [1.29, 1.82) is 0 Å². The Morgan fingerprint density at radius 2 is 1.86 bits per heavy atom. The zero-order valence-corrected chi connectivity index (χ0v) is 29.0. The molecule has 2 aromatic heterocycles. The molecule has 12 heteroatoms. The zero-order chi connectivity index (χ0) is 34.5. The van der Waals surface area contributed by atoms with Crippen molar-refractivity contribution in [2.75, 3.05) is 49.5 Å². The minimum atomic E-state index is -0.727. The largest absolute Gasteiger partial charge is 0.485 e. The zero-order valence-electron chi connectivity index (χ0n) is 29.0. The Morgan fingerprint density at radius 3 is 2.57 bits per heavy atom. The number of Topliss-reactive ketones (excluding diaryl/α,β-unsaturated/α-hetero) is 1. The van der Waals surface area contributed by atoms with E-state index in [4.69, 9.17) is 14.1 Å². The molecule has 3 aliphatic rings. The minimum Gasteiger partial charge on any atom is -0.485 e. The lowest BCUT2D eigenvalue weighted by Crippen LogP contribution is -2.41. The number of aliphatic hydroxyl groups is 1. The number of ketones is 1. The van der Waals surface area contributed by atoms with Crippen LogP contribution < -0.4 is 15.0 Å². The molecule has 3 aliphatic heterocycles. The number of nitrogens with zero attached hydrogens (tertiary/aromatic N) is 5. The van der Waals surface area contributed by atoms with E-state index in [1.165, 1.54) is 18.9 Å². The molecule has 49 heavy (non-hydrogen) atoms. The fourth-order valence-electron chi connectivity index (χ4n) is 7.24. The number of nitrogens with one attached hydrogen (secondary N) is 1. The van der Waals surface area contributed by atoms with Crippen molar-refractivity contribution in [3.8, 4) is 5.75 Å². The van der Waals surface area contributed by atoms with Crippen molar-refractivity contribution in [2.45, 2.75) is 97.4 Å². The van der Waals surface area contributed by atoms with Crippen LogP contribution in [0.2, 0.25) is 0 Å². The third-order valence-corrected chi connectivity index (χ3v) is 10.3. The van der Waals surface area contributed by atoms with Gasteiger partial charge in [-0.1, -0.05) is 0 Å². The number of hydrogen-bond acceptors (Lipinski definition) is 10. The number of halogens is 1. The Balaban J connectivity index is 1.05. The standard InChI is InChI=1S/C37H49FN6O5/c1-24-30-11-14-42(21-31(30)32(38)19-34(24)48-22-35-25(2)39-23-49-35)20-29(46)7-8-33(47)27-17-36(40-28-9-15-43(16-10-28)26(3)45)41-37(18-27)44-12-5-4-6-13-44/h17-19,23,28-29,46H,4-16,20-22H2,1-3H3,(H,40,41)/t29-/m0/s1. The monoisotopic (exact) mass is 676 g/mol. The highest BCUT2D eigenvalue weighted by atomic mass is 19.1. The van der Waals surface area contributed by atoms with Crippen molar-refractivity contribution < 1.29 is 28.2 Å². The molecule has 6 rings (SSSR count). The average molecular weight is 677 g/mol. The van der Waals surface area contributed by atoms with Gasteiger partial charge in [-0.3, -0.25) is 14.5 Å². The molecular weight excluding hydrogens is 627 g/mol. The van der Waals surface area contributed by atoms with Gasteiger partial charge in [0.05, 0.1) is 11.8 Å². The maximum absolute atomic E-state index is 15.3. The summed E-state index contributed by atoms with van der Waals surface area (Å²) in [5.74, 6) is 2.33. The highest BCUT2D eigenvalue weighted by Gasteiger charge is 2.26. The summed E-state index contributed by atoms with van der Waals surface area (Å²) in [6.45, 7) is 10.2. The van der Waals surface area contributed by atoms with Crippen LogP contribution in [0, 0.1) is 19.7 Å². The van der Waals surface area contributed by atoms with Crippen LogP contribution in [0.25, 0.3) is 0 Å². The van der Waals surface area contributed by atoms with E-state index in [1.54, 1.807) is 6.92 Å². The number of likely N-dealkylation sites (tertiary alicyclic amines) is 1. The smallest absolute Gasteiger partial charge is 0.219 e. The molecule has 1 atom stereocenters. The average Bonchev–Trinajstić information content (AvgIpc) is 3.52. The number of carbonyl (C=O) groups excluding carboxylic acids is 2. The van der Waals surface area contributed by atoms with Crippen LogP contribution in [0.1, 0.15) is 90.4 Å². The molecule has 0 spiro atoms. The van der Waals surface area contributed by atoms with E-state index in [1.807, 2.05) is 30.9 Å². The van der Waals surface area contributed by atoms with Crippen molar-refractivity contribution in [2.24, 2.45) is 0 Å². The first-order valence-electron chi connectivity index (χ1n) is 17.7. The number of anilines is 2. The molecule has 3 aromatic rings. The second-order valence-electron chi connectivity index (χ2n) is 13.8. The Morgan fingerprint density at radius 1 is 1.08 bits per heavy atom. The first-order valence-corrected chi connectivity index (χ1v) is 17.7. The van der Waals surface area contributed by atoms with Gasteiger partial charge in [-0.25, -0.2) is 14.4 Å². The molecule has 2 saturated heterocycles. The number of pyridine rings is 1. The van der Waals surface area contributed by atoms with Crippen LogP contribution in [0.5, 0.6) is 5.75 Å². The van der Waals surface area contributed by atoms with E-state index in [2.05, 4.69) is 20.1 Å². The Hall–Kier alpha value is -4.03. The molecule has 0 unspecified atom stereocenters. The van der Waals surface area contributed by atoms with Gasteiger partial charge in [-0.15, -0.1) is 0 Å². The van der Waals surface area contributed by atoms with E-state index in [9.17, 15) is 14.7 Å². The van der Waals surface area contributed by atoms with E-state index >= 15 is 4.39 Å². The number of oxazole rings is 1. The summed E-state index contributed by atoms with van der Waals surface area (Å²) < 4.78 is 26.6. The second kappa shape index (κ2) is 15.7. The summed E-state index contributed by atoms with van der Waals surface area (Å²) in [5, 5.41) is 14.5. The molecule has 1 aromatic carbocycles. The first-order chi connectivity index (χ1) is 23.6. The molecule has 11 nitrogen and oxygen atoms in total. The SMILES string of the molecule is CC(=O)N1CCC(Nc2cc(C(=O)CC[C@H](O)CN3CCc4c(C)c(OCc5ocnc5C)cc(F)c4C3)cc(N3CCCCC3)n2)CC1. The van der Waals surface area contributed by atoms with Crippen LogP contribution in [0.3, 0.4) is 0 Å². The lowest BCUT2D eigenvalue weighted by molar-refractivity contribution is -0.129. The number of rotatable bonds is 12. The maximum Gasteiger partial charge on any atom is 0.219 e. The van der Waals surface area contributed by atoms with Crippen molar-refractivity contribution in [3.63, 3.8) is 0 Å². The number of amides is 1. The Kier molecular flexibility index (Phi) is 11.1. The molecule has 1 amide bonds. The number of aryl methyl sites for hydroxylation is 1. The van der Waals surface area contributed by atoms with Gasteiger partial charge in [0.25, 0.3) is 0 Å². The van der Waals surface area contributed by atoms with Crippen LogP contribution in [-0.4, -0.2) is 88.0 Å². The molecule has 264 valence electrons. The number of ether oxygens (including phenoxy) is 1. The number of aromatic nitrogens is 2. The van der Waals surface area contributed by atoms with E-state index in [0.29, 0.717) is 74.0 Å². The second-order valence-corrected chi connectivity index (χ2v) is 13.8. The summed E-state index contributed by atoms with van der Waals surface area (Å²) >= 11 is 0. The quantitative estimate of drug-likeness (QED) is 0.248. The van der Waals surface area contributed by atoms with Gasteiger partial charge < -0.3 is 29.4 Å². The Bertz CT molecular complexity index is 1630. The van der Waals surface area contributed by atoms with Gasteiger partial charge in [0.1, 0.15) is 29.8 Å². The topological polar surface area (TPSA) is 124 Å². The van der Waals surface area contributed by atoms with E-state index in [0.717, 1.165) is 61.4 Å². The van der Waals surface area contributed by atoms with Gasteiger partial charge in [0.15, 0.2) is 17.9 Å². The van der Waals surface area contributed by atoms with Gasteiger partial charge in [0, 0.05) is 82.4 Å². The van der Waals surface area contributed by atoms with Crippen LogP contribution in [0.4, 0.5) is 16.0 Å². The normalized spacial score (nSPS) is 17.9. The summed E-state index contributed by atoms with van der Waals surface area (Å²) in [6, 6.07) is 5.33. The summed E-state index contributed by atoms with van der Waals surface area (Å²) in [5.41, 5.74) is 3.82. The van der Waals surface area contributed by atoms with E-state index in [-0.39, 0.29) is 36.6 Å². The lowest BCUT2D eigenvalue weighted by Gasteiger charge is -2.32. The molecular formula is C37H49FN6O5. The lowest BCUT2D eigenvalue weighted by atomic mass is 9.93. The number of aliphatic hydroxyl groups excluding tert-OH is 1. The predicted molar refractivity (Wildman–Crippen MR) is 184 cm³/mol.